The lowest BCUT2D eigenvalue weighted by Crippen LogP contribution is -2.42. The highest BCUT2D eigenvalue weighted by Crippen LogP contribution is 2.57. The van der Waals surface area contributed by atoms with Gasteiger partial charge in [0.25, 0.3) is 0 Å². The number of amides is 1. The fourth-order valence-electron chi connectivity index (χ4n) is 3.92. The fraction of sp³-hybridized carbons (Fsp3) is 0.588. The second kappa shape index (κ2) is 4.32. The van der Waals surface area contributed by atoms with Crippen molar-refractivity contribution < 1.29 is 4.79 Å². The van der Waals surface area contributed by atoms with Crippen LogP contribution in [0.5, 0.6) is 0 Å². The third kappa shape index (κ3) is 2.05. The molecule has 1 amide bonds. The fourth-order valence-corrected chi connectivity index (χ4v) is 3.92. The molecular formula is C17H22N2O. The van der Waals surface area contributed by atoms with Crippen molar-refractivity contribution in [3.63, 3.8) is 0 Å². The van der Waals surface area contributed by atoms with Gasteiger partial charge in [0.15, 0.2) is 0 Å². The number of rotatable bonds is 2. The van der Waals surface area contributed by atoms with E-state index in [-0.39, 0.29) is 0 Å². The molecule has 106 valence electrons. The molecule has 1 saturated heterocycles. The molecule has 3 nitrogen and oxygen atoms in total. The van der Waals surface area contributed by atoms with E-state index in [1.54, 1.807) is 0 Å². The number of likely N-dealkylation sites (tertiary alicyclic amines) is 1. The molecule has 1 aliphatic carbocycles. The van der Waals surface area contributed by atoms with Crippen LogP contribution in [0.1, 0.15) is 24.5 Å². The minimum atomic E-state index is 0.331. The van der Waals surface area contributed by atoms with Gasteiger partial charge >= 0.3 is 0 Å². The number of nitrogens with zero attached hydrogens (tertiary/aromatic N) is 2. The van der Waals surface area contributed by atoms with Gasteiger partial charge in [-0.2, -0.15) is 0 Å². The molecule has 3 heteroatoms. The predicted octanol–water partition coefficient (Wildman–Crippen LogP) is 1.91. The lowest BCUT2D eigenvalue weighted by molar-refractivity contribution is -0.132. The minimum Gasteiger partial charge on any atom is -0.341 e. The van der Waals surface area contributed by atoms with Crippen LogP contribution in [0.2, 0.25) is 0 Å². The van der Waals surface area contributed by atoms with Gasteiger partial charge in [-0.15, -0.1) is 0 Å². The van der Waals surface area contributed by atoms with E-state index in [1.165, 1.54) is 17.5 Å². The maximum Gasteiger partial charge on any atom is 0.236 e. The molecule has 3 aliphatic rings. The Morgan fingerprint density at radius 2 is 2.15 bits per heavy atom. The van der Waals surface area contributed by atoms with Gasteiger partial charge in [0.2, 0.25) is 5.91 Å². The van der Waals surface area contributed by atoms with Gasteiger partial charge in [0.1, 0.15) is 0 Å². The number of carbonyl (C=O) groups excluding carboxylic acids is 1. The summed E-state index contributed by atoms with van der Waals surface area (Å²) in [5, 5.41) is 0. The predicted molar refractivity (Wildman–Crippen MR) is 78.2 cm³/mol. The largest absolute Gasteiger partial charge is 0.341 e. The Hall–Kier alpha value is -1.35. The number of carbonyl (C=O) groups is 1. The van der Waals surface area contributed by atoms with Gasteiger partial charge in [0, 0.05) is 26.2 Å². The van der Waals surface area contributed by atoms with Crippen LogP contribution in [0.15, 0.2) is 24.3 Å². The third-order valence-corrected chi connectivity index (χ3v) is 5.45. The van der Waals surface area contributed by atoms with E-state index in [2.05, 4.69) is 41.0 Å². The molecule has 0 N–H and O–H groups in total. The highest BCUT2D eigenvalue weighted by Gasteiger charge is 2.57. The maximum absolute atomic E-state index is 12.4. The van der Waals surface area contributed by atoms with Crippen molar-refractivity contribution in [2.75, 3.05) is 26.2 Å². The Bertz CT molecular complexity index is 556. The van der Waals surface area contributed by atoms with Crippen molar-refractivity contribution >= 4 is 5.91 Å². The highest BCUT2D eigenvalue weighted by atomic mass is 16.2. The first kappa shape index (κ1) is 12.4. The summed E-state index contributed by atoms with van der Waals surface area (Å²) in [6.45, 7) is 6.84. The minimum absolute atomic E-state index is 0.331. The van der Waals surface area contributed by atoms with Crippen molar-refractivity contribution in [1.82, 2.24) is 9.80 Å². The Morgan fingerprint density at radius 3 is 2.90 bits per heavy atom. The average Bonchev–Trinajstić information content (AvgIpc) is 2.96. The Balaban J connectivity index is 1.37. The van der Waals surface area contributed by atoms with E-state index < -0.39 is 0 Å². The van der Waals surface area contributed by atoms with Crippen molar-refractivity contribution in [2.24, 2.45) is 11.3 Å². The van der Waals surface area contributed by atoms with E-state index in [1.807, 2.05) is 0 Å². The second-order valence-corrected chi connectivity index (χ2v) is 7.06. The van der Waals surface area contributed by atoms with Crippen molar-refractivity contribution in [2.45, 2.75) is 26.3 Å². The Labute approximate surface area is 120 Å². The van der Waals surface area contributed by atoms with Crippen LogP contribution in [0.25, 0.3) is 0 Å². The van der Waals surface area contributed by atoms with Gasteiger partial charge in [-0.05, 0) is 35.3 Å². The van der Waals surface area contributed by atoms with E-state index in [0.29, 0.717) is 17.9 Å². The molecule has 2 atom stereocenters. The number of benzene rings is 1. The van der Waals surface area contributed by atoms with Crippen LogP contribution in [0.4, 0.5) is 0 Å². The first-order chi connectivity index (χ1) is 9.64. The van der Waals surface area contributed by atoms with E-state index >= 15 is 0 Å². The molecule has 0 spiro atoms. The van der Waals surface area contributed by atoms with E-state index in [0.717, 1.165) is 38.5 Å². The van der Waals surface area contributed by atoms with Crippen LogP contribution in [0.3, 0.4) is 0 Å². The van der Waals surface area contributed by atoms with Crippen molar-refractivity contribution in [1.29, 1.82) is 0 Å². The molecule has 20 heavy (non-hydrogen) atoms. The first-order valence-electron chi connectivity index (χ1n) is 7.71. The van der Waals surface area contributed by atoms with Crippen molar-refractivity contribution in [3.8, 4) is 0 Å². The molecule has 2 unspecified atom stereocenters. The summed E-state index contributed by atoms with van der Waals surface area (Å²) < 4.78 is 0. The summed E-state index contributed by atoms with van der Waals surface area (Å²) in [6.07, 6.45) is 2.40. The lowest BCUT2D eigenvalue weighted by Gasteiger charge is -2.30. The third-order valence-electron chi connectivity index (χ3n) is 5.45. The van der Waals surface area contributed by atoms with E-state index in [4.69, 9.17) is 0 Å². The van der Waals surface area contributed by atoms with E-state index in [9.17, 15) is 4.79 Å². The zero-order valence-electron chi connectivity index (χ0n) is 12.1. The van der Waals surface area contributed by atoms with Crippen molar-refractivity contribution in [3.05, 3.63) is 35.4 Å². The summed E-state index contributed by atoms with van der Waals surface area (Å²) in [6, 6.07) is 8.61. The molecule has 1 aromatic rings. The maximum atomic E-state index is 12.4. The van der Waals surface area contributed by atoms with Gasteiger partial charge < -0.3 is 4.90 Å². The molecule has 0 radical (unpaired) electrons. The van der Waals surface area contributed by atoms with Crippen LogP contribution in [-0.4, -0.2) is 41.9 Å². The Kier molecular flexibility index (Phi) is 2.68. The summed E-state index contributed by atoms with van der Waals surface area (Å²) >= 11 is 0. The molecule has 4 rings (SSSR count). The standard InChI is InChI=1S/C17H22N2O/c1-17-8-15(17)10-19(12-17)16(20)11-18-7-6-13-4-2-3-5-14(13)9-18/h2-5,15H,6-12H2,1H3. The molecule has 0 bridgehead atoms. The Morgan fingerprint density at radius 1 is 1.35 bits per heavy atom. The zero-order chi connectivity index (χ0) is 13.7. The molecular weight excluding hydrogens is 248 g/mol. The summed E-state index contributed by atoms with van der Waals surface area (Å²) in [7, 11) is 0. The monoisotopic (exact) mass is 270 g/mol. The molecule has 0 aromatic heterocycles. The van der Waals surface area contributed by atoms with Crippen LogP contribution in [-0.2, 0) is 17.8 Å². The van der Waals surface area contributed by atoms with Gasteiger partial charge in [-0.3, -0.25) is 9.69 Å². The van der Waals surface area contributed by atoms with Gasteiger partial charge in [0.05, 0.1) is 6.54 Å². The molecule has 2 fully saturated rings. The molecule has 2 aliphatic heterocycles. The number of hydrogen-bond acceptors (Lipinski definition) is 2. The second-order valence-electron chi connectivity index (χ2n) is 7.06. The molecule has 1 aromatic carbocycles. The molecule has 1 saturated carbocycles. The topological polar surface area (TPSA) is 23.6 Å². The van der Waals surface area contributed by atoms with Crippen LogP contribution < -0.4 is 0 Å². The number of hydrogen-bond donors (Lipinski definition) is 0. The summed E-state index contributed by atoms with van der Waals surface area (Å²) in [5.41, 5.74) is 3.30. The normalized spacial score (nSPS) is 31.9. The quantitative estimate of drug-likeness (QED) is 0.819. The van der Waals surface area contributed by atoms with Gasteiger partial charge in [-0.1, -0.05) is 31.2 Å². The highest BCUT2D eigenvalue weighted by molar-refractivity contribution is 5.79. The smallest absolute Gasteiger partial charge is 0.236 e. The SMILES string of the molecule is CC12CC1CN(C(=O)CN1CCc3ccccc3C1)C2. The van der Waals surface area contributed by atoms with Crippen LogP contribution >= 0.6 is 0 Å². The summed E-state index contributed by atoms with van der Waals surface area (Å²) in [5.74, 6) is 1.12. The summed E-state index contributed by atoms with van der Waals surface area (Å²) in [4.78, 5) is 16.8. The van der Waals surface area contributed by atoms with Gasteiger partial charge in [-0.25, -0.2) is 0 Å². The lowest BCUT2D eigenvalue weighted by atomic mass is 10.00. The molecule has 2 heterocycles. The first-order valence-corrected chi connectivity index (χ1v) is 7.71. The van der Waals surface area contributed by atoms with Crippen LogP contribution in [0, 0.1) is 11.3 Å². The number of piperidine rings is 1. The number of fused-ring (bicyclic) bond motifs is 2. The average molecular weight is 270 g/mol. The zero-order valence-corrected chi connectivity index (χ0v) is 12.1.